The molecule has 0 aliphatic heterocycles. The molecule has 0 saturated heterocycles. The van der Waals surface area contributed by atoms with Crippen LogP contribution in [0.1, 0.15) is 0 Å². The van der Waals surface area contributed by atoms with Crippen molar-refractivity contribution >= 4 is 39.7 Å². The first kappa shape index (κ1) is 9.29. The van der Waals surface area contributed by atoms with E-state index in [2.05, 4.69) is 12.6 Å². The molecule has 0 saturated carbocycles. The summed E-state index contributed by atoms with van der Waals surface area (Å²) in [4.78, 5) is 10.7. The third-order valence-corrected chi connectivity index (χ3v) is 3.38. The number of thiol groups is 1. The number of phenolic OH excluding ortho intramolecular Hbond substituents is 1. The van der Waals surface area contributed by atoms with Gasteiger partial charge in [-0.05, 0) is 12.1 Å². The second kappa shape index (κ2) is 3.14. The molecule has 1 aromatic heterocycles. The maximum atomic E-state index is 10.6. The maximum Gasteiger partial charge on any atom is 0.291 e. The fourth-order valence-electron chi connectivity index (χ4n) is 1.24. The molecular formula is C8H5NO3S2. The predicted octanol–water partition coefficient (Wildman–Crippen LogP) is 2.80. The Kier molecular flexibility index (Phi) is 2.09. The Morgan fingerprint density at radius 1 is 1.50 bits per heavy atom. The molecule has 0 radical (unpaired) electrons. The van der Waals surface area contributed by atoms with Crippen LogP contribution in [-0.4, -0.2) is 10.0 Å². The Hall–Kier alpha value is -1.27. The molecule has 0 bridgehead atoms. The summed E-state index contributed by atoms with van der Waals surface area (Å²) < 4.78 is 0.639. The van der Waals surface area contributed by atoms with Gasteiger partial charge >= 0.3 is 0 Å². The van der Waals surface area contributed by atoms with Crippen molar-refractivity contribution in [1.82, 2.24) is 0 Å². The van der Waals surface area contributed by atoms with Crippen molar-refractivity contribution in [3.63, 3.8) is 0 Å². The molecule has 6 heteroatoms. The number of thiophene rings is 1. The molecule has 0 aliphatic rings. The number of rotatable bonds is 1. The molecule has 2 aromatic rings. The molecule has 4 nitrogen and oxygen atoms in total. The van der Waals surface area contributed by atoms with Crippen molar-refractivity contribution in [3.8, 4) is 5.75 Å². The molecule has 0 spiro atoms. The number of aromatic hydroxyl groups is 1. The van der Waals surface area contributed by atoms with E-state index in [0.29, 0.717) is 9.60 Å². The van der Waals surface area contributed by atoms with Gasteiger partial charge in [0.25, 0.3) is 5.69 Å². The normalized spacial score (nSPS) is 10.6. The molecule has 0 aliphatic carbocycles. The predicted molar refractivity (Wildman–Crippen MR) is 57.4 cm³/mol. The average Bonchev–Trinajstić information content (AvgIpc) is 2.56. The van der Waals surface area contributed by atoms with Crippen molar-refractivity contribution in [2.24, 2.45) is 0 Å². The van der Waals surface area contributed by atoms with Gasteiger partial charge in [-0.25, -0.2) is 0 Å². The lowest BCUT2D eigenvalue weighted by Gasteiger charge is -1.96. The van der Waals surface area contributed by atoms with Crippen LogP contribution in [0.15, 0.2) is 22.4 Å². The number of nitro groups is 1. The summed E-state index contributed by atoms with van der Waals surface area (Å²) in [6.07, 6.45) is 0. The smallest absolute Gasteiger partial charge is 0.291 e. The van der Waals surface area contributed by atoms with Crippen LogP contribution in [0, 0.1) is 10.1 Å². The quantitative estimate of drug-likeness (QED) is 0.447. The van der Waals surface area contributed by atoms with Gasteiger partial charge in [-0.2, -0.15) is 0 Å². The molecular weight excluding hydrogens is 222 g/mol. The molecule has 1 N–H and O–H groups in total. The topological polar surface area (TPSA) is 63.4 Å². The van der Waals surface area contributed by atoms with Crippen LogP contribution in [0.5, 0.6) is 5.75 Å². The molecule has 0 fully saturated rings. The number of hydrogen-bond acceptors (Lipinski definition) is 5. The van der Waals surface area contributed by atoms with Crippen molar-refractivity contribution in [2.45, 2.75) is 4.90 Å². The van der Waals surface area contributed by atoms with E-state index in [0.717, 1.165) is 0 Å². The molecule has 0 atom stereocenters. The lowest BCUT2D eigenvalue weighted by molar-refractivity contribution is -0.382. The van der Waals surface area contributed by atoms with Crippen molar-refractivity contribution < 1.29 is 10.0 Å². The Bertz CT molecular complexity index is 521. The summed E-state index contributed by atoms with van der Waals surface area (Å²) in [5.41, 5.74) is -0.0709. The second-order valence-electron chi connectivity index (χ2n) is 2.69. The van der Waals surface area contributed by atoms with Crippen LogP contribution in [0.4, 0.5) is 5.69 Å². The highest BCUT2D eigenvalue weighted by Gasteiger charge is 2.18. The van der Waals surface area contributed by atoms with Crippen molar-refractivity contribution in [3.05, 3.63) is 27.6 Å². The number of nitrogens with zero attached hydrogens (tertiary/aromatic N) is 1. The molecule has 2 rings (SSSR count). The largest absolute Gasteiger partial charge is 0.507 e. The van der Waals surface area contributed by atoms with E-state index in [1.165, 1.54) is 22.8 Å². The van der Waals surface area contributed by atoms with E-state index in [-0.39, 0.29) is 16.8 Å². The Balaban J connectivity index is 2.90. The molecule has 1 heterocycles. The summed E-state index contributed by atoms with van der Waals surface area (Å²) in [6, 6.07) is 3.02. The summed E-state index contributed by atoms with van der Waals surface area (Å²) in [6.45, 7) is 0. The number of benzene rings is 1. The van der Waals surface area contributed by atoms with Gasteiger partial charge in [0.2, 0.25) is 0 Å². The number of phenols is 1. The van der Waals surface area contributed by atoms with E-state index >= 15 is 0 Å². The van der Waals surface area contributed by atoms with Gasteiger partial charge in [-0.1, -0.05) is 0 Å². The van der Waals surface area contributed by atoms with Gasteiger partial charge in [0.15, 0.2) is 0 Å². The first-order chi connectivity index (χ1) is 6.61. The highest BCUT2D eigenvalue weighted by atomic mass is 32.1. The monoisotopic (exact) mass is 227 g/mol. The van der Waals surface area contributed by atoms with Crippen LogP contribution in [0.3, 0.4) is 0 Å². The minimum atomic E-state index is -0.508. The van der Waals surface area contributed by atoms with Crippen molar-refractivity contribution in [1.29, 1.82) is 0 Å². The Labute approximate surface area is 88.4 Å². The van der Waals surface area contributed by atoms with E-state index in [4.69, 9.17) is 0 Å². The summed E-state index contributed by atoms with van der Waals surface area (Å²) >= 11 is 5.36. The van der Waals surface area contributed by atoms with Gasteiger partial charge in [-0.3, -0.25) is 10.1 Å². The van der Waals surface area contributed by atoms with Crippen LogP contribution in [-0.2, 0) is 0 Å². The highest BCUT2D eigenvalue weighted by Crippen LogP contribution is 2.40. The molecule has 14 heavy (non-hydrogen) atoms. The summed E-state index contributed by atoms with van der Waals surface area (Å²) in [7, 11) is 0. The molecule has 1 aromatic carbocycles. The number of fused-ring (bicyclic) bond motifs is 1. The fourth-order valence-corrected chi connectivity index (χ4v) is 2.53. The van der Waals surface area contributed by atoms with Gasteiger partial charge in [0.1, 0.15) is 11.1 Å². The fraction of sp³-hybridized carbons (Fsp3) is 0. The third kappa shape index (κ3) is 1.23. The van der Waals surface area contributed by atoms with Gasteiger partial charge in [-0.15, -0.1) is 24.0 Å². The minimum Gasteiger partial charge on any atom is -0.507 e. The highest BCUT2D eigenvalue weighted by molar-refractivity contribution is 7.80. The first-order valence-corrected chi connectivity index (χ1v) is 5.00. The van der Waals surface area contributed by atoms with Crippen LogP contribution >= 0.6 is 24.0 Å². The zero-order valence-electron chi connectivity index (χ0n) is 6.80. The van der Waals surface area contributed by atoms with E-state index in [1.54, 1.807) is 6.07 Å². The third-order valence-electron chi connectivity index (χ3n) is 1.86. The molecule has 0 amide bonds. The standard InChI is InChI=1S/C8H5NO3S2/c10-5-1-2-6(13)8-7(5)4(3-14-8)9(11)12/h1-3,10,13H. The molecule has 72 valence electrons. The van der Waals surface area contributed by atoms with E-state index < -0.39 is 4.92 Å². The number of hydrogen-bond donors (Lipinski definition) is 2. The lowest BCUT2D eigenvalue weighted by Crippen LogP contribution is -1.85. The maximum absolute atomic E-state index is 10.6. The van der Waals surface area contributed by atoms with E-state index in [9.17, 15) is 15.2 Å². The van der Waals surface area contributed by atoms with Crippen molar-refractivity contribution in [2.75, 3.05) is 0 Å². The summed E-state index contributed by atoms with van der Waals surface area (Å²) in [5, 5.41) is 21.8. The van der Waals surface area contributed by atoms with Gasteiger partial charge in [0, 0.05) is 4.90 Å². The average molecular weight is 227 g/mol. The van der Waals surface area contributed by atoms with Gasteiger partial charge in [0.05, 0.1) is 15.0 Å². The SMILES string of the molecule is O=[N+]([O-])c1csc2c(S)ccc(O)c12. The lowest BCUT2D eigenvalue weighted by atomic mass is 10.2. The minimum absolute atomic E-state index is 0.0709. The Morgan fingerprint density at radius 2 is 2.21 bits per heavy atom. The van der Waals surface area contributed by atoms with Crippen LogP contribution in [0.25, 0.3) is 10.1 Å². The van der Waals surface area contributed by atoms with Crippen LogP contribution < -0.4 is 0 Å². The Morgan fingerprint density at radius 3 is 2.86 bits per heavy atom. The molecule has 0 unspecified atom stereocenters. The first-order valence-electron chi connectivity index (χ1n) is 3.68. The zero-order valence-corrected chi connectivity index (χ0v) is 8.51. The van der Waals surface area contributed by atoms with Crippen LogP contribution in [0.2, 0.25) is 0 Å². The van der Waals surface area contributed by atoms with Gasteiger partial charge < -0.3 is 5.11 Å². The van der Waals surface area contributed by atoms with E-state index in [1.807, 2.05) is 0 Å². The second-order valence-corrected chi connectivity index (χ2v) is 4.05. The summed E-state index contributed by atoms with van der Waals surface area (Å²) in [5.74, 6) is -0.0780. The zero-order chi connectivity index (χ0) is 10.3.